The van der Waals surface area contributed by atoms with Gasteiger partial charge in [-0.15, -0.1) is 0 Å². The smallest absolute Gasteiger partial charge is 0.306 e. The van der Waals surface area contributed by atoms with Gasteiger partial charge in [0.15, 0.2) is 6.29 Å². The van der Waals surface area contributed by atoms with Crippen LogP contribution in [0.2, 0.25) is 0 Å². The number of benzene rings is 2. The molecule has 0 aromatic heterocycles. The molecule has 0 spiro atoms. The van der Waals surface area contributed by atoms with Crippen LogP contribution >= 0.6 is 21.6 Å². The van der Waals surface area contributed by atoms with Gasteiger partial charge in [0.25, 0.3) is 0 Å². The van der Waals surface area contributed by atoms with E-state index in [-0.39, 0.29) is 60.6 Å². The lowest BCUT2D eigenvalue weighted by atomic mass is 9.91. The molecule has 0 saturated carbocycles. The Morgan fingerprint density at radius 1 is 0.797 bits per heavy atom. The highest BCUT2D eigenvalue weighted by Gasteiger charge is 2.42. The molecule has 2 aromatic rings. The number of nitrogens with one attached hydrogen (secondary N) is 2. The fraction of sp³-hybridized carbons (Fsp3) is 0.651. The van der Waals surface area contributed by atoms with Gasteiger partial charge >= 0.3 is 5.97 Å². The van der Waals surface area contributed by atoms with Gasteiger partial charge in [0.2, 0.25) is 11.8 Å². The Kier molecular flexibility index (Phi) is 21.4. The number of carbonyl (C=O) groups excluding carboxylic acids is 3. The van der Waals surface area contributed by atoms with Crippen LogP contribution in [0, 0.1) is 11.8 Å². The van der Waals surface area contributed by atoms with Crippen molar-refractivity contribution in [2.24, 2.45) is 11.8 Å². The third-order valence-corrected chi connectivity index (χ3v) is 13.3. The lowest BCUT2D eigenvalue weighted by molar-refractivity contribution is -0.282. The summed E-state index contributed by atoms with van der Waals surface area (Å²) in [6, 6.07) is 16.4. The van der Waals surface area contributed by atoms with Crippen molar-refractivity contribution < 1.29 is 57.8 Å². The van der Waals surface area contributed by atoms with Gasteiger partial charge < -0.3 is 54.0 Å². The zero-order chi connectivity index (χ0) is 42.6. The van der Waals surface area contributed by atoms with Crippen molar-refractivity contribution in [2.45, 2.75) is 82.2 Å². The molecule has 0 radical (unpaired) electrons. The molecule has 4 N–H and O–H groups in total. The number of carbonyl (C=O) groups is 3. The maximum absolute atomic E-state index is 13.2. The van der Waals surface area contributed by atoms with Crippen molar-refractivity contribution in [3.8, 4) is 11.1 Å². The fourth-order valence-electron chi connectivity index (χ4n) is 6.64. The van der Waals surface area contributed by atoms with E-state index in [1.165, 1.54) is 18.2 Å². The highest BCUT2D eigenvalue weighted by atomic mass is 33.1. The average molecular weight is 865 g/mol. The molecule has 1 heterocycles. The normalized spacial score (nSPS) is 20.8. The Balaban J connectivity index is 0.999. The van der Waals surface area contributed by atoms with E-state index >= 15 is 0 Å². The Labute approximate surface area is 356 Å². The molecule has 16 heteroatoms. The van der Waals surface area contributed by atoms with E-state index in [1.54, 1.807) is 28.5 Å². The summed E-state index contributed by atoms with van der Waals surface area (Å²) >= 11 is 0. The predicted molar refractivity (Wildman–Crippen MR) is 228 cm³/mol. The van der Waals surface area contributed by atoms with E-state index in [0.29, 0.717) is 71.3 Å². The third kappa shape index (κ3) is 16.6. The van der Waals surface area contributed by atoms with E-state index in [1.807, 2.05) is 24.3 Å². The number of hydrogen-bond donors (Lipinski definition) is 4. The van der Waals surface area contributed by atoms with Crippen molar-refractivity contribution in [2.75, 3.05) is 85.4 Å². The monoisotopic (exact) mass is 864 g/mol. The van der Waals surface area contributed by atoms with E-state index in [4.69, 9.17) is 33.2 Å². The van der Waals surface area contributed by atoms with Gasteiger partial charge in [0.05, 0.1) is 57.6 Å². The molecule has 2 aliphatic rings. The van der Waals surface area contributed by atoms with Crippen LogP contribution in [0.3, 0.4) is 0 Å². The predicted octanol–water partition coefficient (Wildman–Crippen LogP) is 4.34. The Morgan fingerprint density at radius 3 is 1.97 bits per heavy atom. The second-order valence-corrected chi connectivity index (χ2v) is 18.8. The number of ether oxygens (including phenoxy) is 7. The van der Waals surface area contributed by atoms with Crippen molar-refractivity contribution in [1.82, 2.24) is 10.6 Å². The van der Waals surface area contributed by atoms with Gasteiger partial charge in [0, 0.05) is 55.7 Å². The summed E-state index contributed by atoms with van der Waals surface area (Å²) in [6.07, 6.45) is -2.37. The van der Waals surface area contributed by atoms with Crippen LogP contribution in [-0.4, -0.2) is 143 Å². The molecule has 1 saturated heterocycles. The Morgan fingerprint density at radius 2 is 1.37 bits per heavy atom. The standard InChI is InChI=1S/C43H64N2O12S2/c1-29-36(57-42(51-5)40(49)39(29)48)26-55-27-37(46)44-16-10-18-52-20-22-54-23-21-53-19-11-17-45-41(50)30(28-58-59-43(2,3)4)24-38(47)56-25-35-33-14-8-6-12-31(33)32-13-7-9-15-34(32)35/h6-9,12-15,29-30,35-36,39-40,42,48-49H,10-11,16-28H2,1-5H3,(H,44,46)(H,45,50)/t29-,30?,36?,39+,40?,42-/m1/s1. The number of fused-ring (bicyclic) bond motifs is 3. The van der Waals surface area contributed by atoms with Crippen LogP contribution in [0.1, 0.15) is 64.0 Å². The van der Waals surface area contributed by atoms with E-state index in [9.17, 15) is 24.6 Å². The molecule has 4 rings (SSSR count). The lowest BCUT2D eigenvalue weighted by Crippen LogP contribution is -2.55. The first-order chi connectivity index (χ1) is 28.4. The summed E-state index contributed by atoms with van der Waals surface area (Å²) in [5.74, 6) is -1.26. The van der Waals surface area contributed by atoms with Gasteiger partial charge in [-0.1, -0.05) is 97.8 Å². The van der Waals surface area contributed by atoms with E-state index in [2.05, 4.69) is 55.7 Å². The highest BCUT2D eigenvalue weighted by molar-refractivity contribution is 8.77. The highest BCUT2D eigenvalue weighted by Crippen LogP contribution is 2.44. The molecule has 6 atom stereocenters. The van der Waals surface area contributed by atoms with Crippen LogP contribution in [0.15, 0.2) is 48.5 Å². The molecule has 1 fully saturated rings. The number of esters is 1. The summed E-state index contributed by atoms with van der Waals surface area (Å²) < 4.78 is 38.8. The molecule has 3 unspecified atom stereocenters. The van der Waals surface area contributed by atoms with Gasteiger partial charge in [-0.25, -0.2) is 0 Å². The number of rotatable bonds is 27. The van der Waals surface area contributed by atoms with Crippen LogP contribution in [0.5, 0.6) is 0 Å². The van der Waals surface area contributed by atoms with Crippen molar-refractivity contribution in [3.05, 3.63) is 59.7 Å². The third-order valence-electron chi connectivity index (χ3n) is 9.84. The molecule has 59 heavy (non-hydrogen) atoms. The minimum absolute atomic E-state index is 0.0115. The summed E-state index contributed by atoms with van der Waals surface area (Å²) in [4.78, 5) is 38.5. The summed E-state index contributed by atoms with van der Waals surface area (Å²) in [7, 11) is 4.67. The first kappa shape index (κ1) is 48.9. The minimum atomic E-state index is -1.14. The maximum atomic E-state index is 13.2. The zero-order valence-corrected chi connectivity index (χ0v) is 36.7. The molecular formula is C43H64N2O12S2. The molecule has 1 aliphatic heterocycles. The topological polar surface area (TPSA) is 180 Å². The lowest BCUT2D eigenvalue weighted by Gasteiger charge is -2.40. The SMILES string of the molecule is CO[C@@H]1OC(COCC(=O)NCCCOCCOCCOCCCNC(=O)C(CSSC(C)(C)C)CC(=O)OCC2c3ccccc3-c3ccccc32)[C@@H](C)[C@H](O)C1O. The number of hydrogen-bond acceptors (Lipinski definition) is 14. The first-order valence-corrected chi connectivity index (χ1v) is 22.8. The average Bonchev–Trinajstić information content (AvgIpc) is 3.53. The maximum Gasteiger partial charge on any atom is 0.306 e. The molecule has 330 valence electrons. The second kappa shape index (κ2) is 25.9. The second-order valence-electron chi connectivity index (χ2n) is 15.6. The quantitative estimate of drug-likeness (QED) is 0.0566. The van der Waals surface area contributed by atoms with Crippen LogP contribution in [0.4, 0.5) is 0 Å². The van der Waals surface area contributed by atoms with Crippen molar-refractivity contribution in [3.63, 3.8) is 0 Å². The van der Waals surface area contributed by atoms with Gasteiger partial charge in [0.1, 0.15) is 19.3 Å². The number of amides is 2. The molecule has 14 nitrogen and oxygen atoms in total. The van der Waals surface area contributed by atoms with E-state index in [0.717, 1.165) is 11.1 Å². The largest absolute Gasteiger partial charge is 0.465 e. The van der Waals surface area contributed by atoms with Crippen molar-refractivity contribution in [1.29, 1.82) is 0 Å². The number of aliphatic hydroxyl groups is 2. The van der Waals surface area contributed by atoms with Gasteiger partial charge in [-0.3, -0.25) is 14.4 Å². The Bertz CT molecular complexity index is 1530. The molecule has 2 amide bonds. The van der Waals surface area contributed by atoms with Gasteiger partial charge in [-0.05, 0) is 35.1 Å². The Hall–Kier alpha value is -2.77. The van der Waals surface area contributed by atoms with Gasteiger partial charge in [-0.2, -0.15) is 0 Å². The fourth-order valence-corrected chi connectivity index (χ4v) is 9.26. The summed E-state index contributed by atoms with van der Waals surface area (Å²) in [6.45, 7) is 11.7. The number of methoxy groups -OCH3 is 1. The molecule has 0 bridgehead atoms. The molecular weight excluding hydrogens is 801 g/mol. The van der Waals surface area contributed by atoms with Crippen LogP contribution in [0.25, 0.3) is 11.1 Å². The van der Waals surface area contributed by atoms with Crippen LogP contribution < -0.4 is 10.6 Å². The van der Waals surface area contributed by atoms with E-state index < -0.39 is 30.5 Å². The first-order valence-electron chi connectivity index (χ1n) is 20.4. The van der Waals surface area contributed by atoms with Crippen LogP contribution in [-0.2, 0) is 47.5 Å². The molecule has 2 aromatic carbocycles. The summed E-state index contributed by atoms with van der Waals surface area (Å²) in [5.41, 5.74) is 4.64. The zero-order valence-electron chi connectivity index (χ0n) is 35.1. The van der Waals surface area contributed by atoms with Crippen molar-refractivity contribution >= 4 is 39.4 Å². The minimum Gasteiger partial charge on any atom is -0.465 e. The molecule has 1 aliphatic carbocycles. The summed E-state index contributed by atoms with van der Waals surface area (Å²) in [5, 5.41) is 25.9. The number of aliphatic hydroxyl groups excluding tert-OH is 2.